The molecule has 0 saturated carbocycles. The normalized spacial score (nSPS) is 14.9. The van der Waals surface area contributed by atoms with Crippen molar-refractivity contribution >= 4 is 11.6 Å². The van der Waals surface area contributed by atoms with Gasteiger partial charge >= 0.3 is 0 Å². The molecule has 1 aliphatic rings. The Morgan fingerprint density at radius 3 is 2.61 bits per heavy atom. The first-order valence-electron chi connectivity index (χ1n) is 7.50. The van der Waals surface area contributed by atoms with Crippen LogP contribution in [0.3, 0.4) is 0 Å². The summed E-state index contributed by atoms with van der Waals surface area (Å²) in [5.41, 5.74) is 2.04. The largest absolute Gasteiger partial charge is 0.507 e. The van der Waals surface area contributed by atoms with Crippen molar-refractivity contribution in [3.05, 3.63) is 53.6 Å². The van der Waals surface area contributed by atoms with Crippen molar-refractivity contribution in [2.24, 2.45) is 0 Å². The highest BCUT2D eigenvalue weighted by Gasteiger charge is 2.24. The van der Waals surface area contributed by atoms with Crippen LogP contribution in [0.5, 0.6) is 5.75 Å². The van der Waals surface area contributed by atoms with Crippen LogP contribution in [-0.4, -0.2) is 47.1 Å². The van der Waals surface area contributed by atoms with E-state index in [2.05, 4.69) is 9.88 Å². The summed E-state index contributed by atoms with van der Waals surface area (Å²) in [4.78, 5) is 20.4. The van der Waals surface area contributed by atoms with E-state index >= 15 is 0 Å². The highest BCUT2D eigenvalue weighted by molar-refractivity contribution is 5.97. The molecule has 2 heterocycles. The van der Waals surface area contributed by atoms with Gasteiger partial charge in [0.15, 0.2) is 0 Å². The Labute approximate surface area is 134 Å². The summed E-state index contributed by atoms with van der Waals surface area (Å²) in [5, 5.41) is 9.77. The summed E-state index contributed by atoms with van der Waals surface area (Å²) >= 11 is 0. The molecule has 1 N–H and O–H groups in total. The van der Waals surface area contributed by atoms with Crippen molar-refractivity contribution < 1.29 is 14.3 Å². The molecule has 23 heavy (non-hydrogen) atoms. The van der Waals surface area contributed by atoms with E-state index in [4.69, 9.17) is 0 Å². The monoisotopic (exact) mass is 315 g/mol. The van der Waals surface area contributed by atoms with Gasteiger partial charge in [0.2, 0.25) is 0 Å². The Bertz CT molecular complexity index is 728. The molecule has 6 heteroatoms. The van der Waals surface area contributed by atoms with E-state index in [0.717, 1.165) is 23.5 Å². The van der Waals surface area contributed by atoms with E-state index in [-0.39, 0.29) is 17.2 Å². The lowest BCUT2D eigenvalue weighted by atomic mass is 10.1. The van der Waals surface area contributed by atoms with Crippen molar-refractivity contribution in [3.63, 3.8) is 0 Å². The van der Waals surface area contributed by atoms with Crippen LogP contribution in [0.1, 0.15) is 16.1 Å². The number of hydrogen-bond donors (Lipinski definition) is 1. The Balaban J connectivity index is 1.69. The molecule has 0 spiro atoms. The summed E-state index contributed by atoms with van der Waals surface area (Å²) in [5.74, 6) is -1.06. The number of aromatic hydroxyl groups is 1. The third kappa shape index (κ3) is 3.26. The van der Waals surface area contributed by atoms with E-state index in [9.17, 15) is 14.3 Å². The van der Waals surface area contributed by atoms with Gasteiger partial charge in [-0.15, -0.1) is 0 Å². The number of aryl methyl sites for hydroxylation is 1. The maximum absolute atomic E-state index is 13.3. The van der Waals surface area contributed by atoms with Crippen molar-refractivity contribution in [1.29, 1.82) is 0 Å². The number of benzene rings is 1. The van der Waals surface area contributed by atoms with Gasteiger partial charge in [-0.1, -0.05) is 0 Å². The molecular formula is C17H18FN3O2. The maximum atomic E-state index is 13.3. The zero-order valence-corrected chi connectivity index (χ0v) is 12.9. The van der Waals surface area contributed by atoms with Gasteiger partial charge < -0.3 is 14.9 Å². The number of pyridine rings is 1. The molecule has 1 saturated heterocycles. The molecule has 0 unspecified atom stereocenters. The van der Waals surface area contributed by atoms with Gasteiger partial charge in [0, 0.05) is 43.8 Å². The first kappa shape index (κ1) is 15.3. The fourth-order valence-corrected chi connectivity index (χ4v) is 2.74. The van der Waals surface area contributed by atoms with Crippen LogP contribution in [0.15, 0.2) is 36.5 Å². The lowest BCUT2D eigenvalue weighted by molar-refractivity contribution is 0.0743. The van der Waals surface area contributed by atoms with Crippen LogP contribution >= 0.6 is 0 Å². The van der Waals surface area contributed by atoms with E-state index in [1.165, 1.54) is 6.07 Å². The molecule has 1 aliphatic heterocycles. The van der Waals surface area contributed by atoms with Crippen LogP contribution in [0, 0.1) is 12.7 Å². The van der Waals surface area contributed by atoms with Gasteiger partial charge in [0.1, 0.15) is 11.6 Å². The Kier molecular flexibility index (Phi) is 4.14. The summed E-state index contributed by atoms with van der Waals surface area (Å²) in [6, 6.07) is 7.38. The topological polar surface area (TPSA) is 56.7 Å². The summed E-state index contributed by atoms with van der Waals surface area (Å²) in [6.07, 6.45) is 1.77. The molecule has 1 aromatic carbocycles. The molecule has 5 nitrogen and oxygen atoms in total. The standard InChI is InChI=1S/C17H18FN3O2/c1-12-10-14(4-5-19-12)20-6-8-21(9-7-20)17(23)15-11-13(18)2-3-16(15)22/h2-5,10-11,22H,6-9H2,1H3. The fourth-order valence-electron chi connectivity index (χ4n) is 2.74. The molecule has 3 rings (SSSR count). The Hall–Kier alpha value is -2.63. The molecule has 1 aromatic heterocycles. The maximum Gasteiger partial charge on any atom is 0.257 e. The summed E-state index contributed by atoms with van der Waals surface area (Å²) < 4.78 is 13.3. The molecule has 0 radical (unpaired) electrons. The number of carbonyl (C=O) groups is 1. The minimum absolute atomic E-state index is 0.0122. The lowest BCUT2D eigenvalue weighted by Crippen LogP contribution is -2.48. The van der Waals surface area contributed by atoms with Crippen LogP contribution in [0.25, 0.3) is 0 Å². The highest BCUT2D eigenvalue weighted by Crippen LogP contribution is 2.22. The number of phenolic OH excluding ortho intramolecular Hbond substituents is 1. The van der Waals surface area contributed by atoms with Gasteiger partial charge in [-0.2, -0.15) is 0 Å². The second kappa shape index (κ2) is 6.24. The molecule has 1 fully saturated rings. The minimum atomic E-state index is -0.531. The van der Waals surface area contributed by atoms with Gasteiger partial charge in [0.05, 0.1) is 5.56 Å². The van der Waals surface area contributed by atoms with Crippen molar-refractivity contribution in [2.45, 2.75) is 6.92 Å². The second-order valence-electron chi connectivity index (χ2n) is 5.60. The van der Waals surface area contributed by atoms with E-state index in [1.54, 1.807) is 11.1 Å². The van der Waals surface area contributed by atoms with Gasteiger partial charge in [0.25, 0.3) is 5.91 Å². The zero-order valence-electron chi connectivity index (χ0n) is 12.9. The number of phenols is 1. The quantitative estimate of drug-likeness (QED) is 0.923. The third-order valence-electron chi connectivity index (χ3n) is 4.00. The van der Waals surface area contributed by atoms with Crippen molar-refractivity contribution in [2.75, 3.05) is 31.1 Å². The smallest absolute Gasteiger partial charge is 0.257 e. The van der Waals surface area contributed by atoms with Crippen molar-refractivity contribution in [3.8, 4) is 5.75 Å². The lowest BCUT2D eigenvalue weighted by Gasteiger charge is -2.36. The van der Waals surface area contributed by atoms with Crippen LogP contribution in [-0.2, 0) is 0 Å². The van der Waals surface area contributed by atoms with E-state index in [1.807, 2.05) is 19.1 Å². The number of rotatable bonds is 2. The van der Waals surface area contributed by atoms with Crippen LogP contribution in [0.2, 0.25) is 0 Å². The molecule has 2 aromatic rings. The third-order valence-corrected chi connectivity index (χ3v) is 4.00. The van der Waals surface area contributed by atoms with Crippen molar-refractivity contribution in [1.82, 2.24) is 9.88 Å². The number of hydrogen-bond acceptors (Lipinski definition) is 4. The fraction of sp³-hybridized carbons (Fsp3) is 0.294. The van der Waals surface area contributed by atoms with Crippen LogP contribution in [0.4, 0.5) is 10.1 Å². The average molecular weight is 315 g/mol. The second-order valence-corrected chi connectivity index (χ2v) is 5.60. The average Bonchev–Trinajstić information content (AvgIpc) is 2.56. The van der Waals surface area contributed by atoms with E-state index in [0.29, 0.717) is 26.2 Å². The predicted molar refractivity (Wildman–Crippen MR) is 85.2 cm³/mol. The summed E-state index contributed by atoms with van der Waals surface area (Å²) in [6.45, 7) is 4.36. The SMILES string of the molecule is Cc1cc(N2CCN(C(=O)c3cc(F)ccc3O)CC2)ccn1. The predicted octanol–water partition coefficient (Wildman–Crippen LogP) is 2.20. The molecule has 0 aliphatic carbocycles. The summed E-state index contributed by atoms with van der Waals surface area (Å²) in [7, 11) is 0. The first-order chi connectivity index (χ1) is 11.0. The molecule has 120 valence electrons. The Morgan fingerprint density at radius 2 is 1.91 bits per heavy atom. The molecular weight excluding hydrogens is 297 g/mol. The number of nitrogens with zero attached hydrogens (tertiary/aromatic N) is 3. The van der Waals surface area contributed by atoms with Gasteiger partial charge in [-0.3, -0.25) is 9.78 Å². The first-order valence-corrected chi connectivity index (χ1v) is 7.50. The molecule has 1 amide bonds. The van der Waals surface area contributed by atoms with Crippen LogP contribution < -0.4 is 4.90 Å². The number of halogens is 1. The molecule has 0 atom stereocenters. The zero-order chi connectivity index (χ0) is 16.4. The number of carbonyl (C=O) groups excluding carboxylic acids is 1. The number of amides is 1. The number of aromatic nitrogens is 1. The highest BCUT2D eigenvalue weighted by atomic mass is 19.1. The van der Waals surface area contributed by atoms with Gasteiger partial charge in [-0.05, 0) is 37.3 Å². The minimum Gasteiger partial charge on any atom is -0.507 e. The van der Waals surface area contributed by atoms with E-state index < -0.39 is 5.82 Å². The van der Waals surface area contributed by atoms with Gasteiger partial charge in [-0.25, -0.2) is 4.39 Å². The molecule has 0 bridgehead atoms. The Morgan fingerprint density at radius 1 is 1.17 bits per heavy atom. The number of piperazine rings is 1. The number of anilines is 1.